The van der Waals surface area contributed by atoms with E-state index >= 15 is 0 Å². The highest BCUT2D eigenvalue weighted by molar-refractivity contribution is 5.83. The fourth-order valence-corrected chi connectivity index (χ4v) is 1.67. The minimum absolute atomic E-state index is 0.392. The van der Waals surface area contributed by atoms with Gasteiger partial charge in [0.1, 0.15) is 11.5 Å². The van der Waals surface area contributed by atoms with E-state index in [4.69, 9.17) is 4.74 Å². The summed E-state index contributed by atoms with van der Waals surface area (Å²) in [6.07, 6.45) is 3.78. The van der Waals surface area contributed by atoms with E-state index in [0.717, 1.165) is 25.0 Å². The molecule has 0 spiro atoms. The van der Waals surface area contributed by atoms with Crippen LogP contribution in [0.5, 0.6) is 5.75 Å². The first-order valence-electron chi connectivity index (χ1n) is 5.45. The van der Waals surface area contributed by atoms with Crippen LogP contribution in [0, 0.1) is 5.92 Å². The third-order valence-corrected chi connectivity index (χ3v) is 2.85. The highest BCUT2D eigenvalue weighted by Crippen LogP contribution is 2.31. The zero-order valence-corrected chi connectivity index (χ0v) is 9.03. The number of hydrogen-bond donors (Lipinski definition) is 0. The van der Waals surface area contributed by atoms with Crippen LogP contribution in [0.15, 0.2) is 24.3 Å². The maximum absolute atomic E-state index is 11.5. The molecule has 1 aliphatic carbocycles. The molecule has 0 radical (unpaired) electrons. The molecule has 0 N–H and O–H groups in total. The summed E-state index contributed by atoms with van der Waals surface area (Å²) in [5.41, 5.74) is 1.21. The molecule has 1 aliphatic rings. The number of benzene rings is 1. The average Bonchev–Trinajstić information content (AvgIpc) is 3.10. The highest BCUT2D eigenvalue weighted by Gasteiger charge is 2.28. The number of aryl methyl sites for hydroxylation is 1. The van der Waals surface area contributed by atoms with Gasteiger partial charge in [-0.05, 0) is 37.0 Å². The van der Waals surface area contributed by atoms with Crippen molar-refractivity contribution in [2.24, 2.45) is 5.92 Å². The molecule has 1 saturated carbocycles. The number of carbonyl (C=O) groups is 1. The lowest BCUT2D eigenvalue weighted by atomic mass is 10.1. The summed E-state index contributed by atoms with van der Waals surface area (Å²) in [5.74, 6) is 1.70. The molecular formula is C13H16O2. The zero-order chi connectivity index (χ0) is 10.7. The largest absolute Gasteiger partial charge is 0.497 e. The molecule has 0 atom stereocenters. The summed E-state index contributed by atoms with van der Waals surface area (Å²) in [6.45, 7) is 0. The van der Waals surface area contributed by atoms with E-state index in [1.165, 1.54) is 5.56 Å². The molecule has 15 heavy (non-hydrogen) atoms. The molecule has 0 amide bonds. The van der Waals surface area contributed by atoms with Crippen molar-refractivity contribution in [3.63, 3.8) is 0 Å². The summed E-state index contributed by atoms with van der Waals surface area (Å²) in [6, 6.07) is 7.94. The van der Waals surface area contributed by atoms with Crippen LogP contribution in [0.1, 0.15) is 24.8 Å². The third kappa shape index (κ3) is 2.82. The van der Waals surface area contributed by atoms with Gasteiger partial charge in [0.2, 0.25) is 0 Å². The van der Waals surface area contributed by atoms with Gasteiger partial charge in [-0.1, -0.05) is 12.1 Å². The maximum Gasteiger partial charge on any atom is 0.136 e. The Labute approximate surface area is 90.3 Å². The highest BCUT2D eigenvalue weighted by atomic mass is 16.5. The van der Waals surface area contributed by atoms with E-state index in [0.29, 0.717) is 18.1 Å². The number of rotatable bonds is 5. The van der Waals surface area contributed by atoms with Crippen molar-refractivity contribution in [3.8, 4) is 5.75 Å². The molecule has 2 rings (SSSR count). The molecule has 0 heterocycles. The number of Topliss-reactive ketones (excluding diaryl/α,β-unsaturated/α-hetero) is 1. The molecular weight excluding hydrogens is 188 g/mol. The predicted molar refractivity (Wildman–Crippen MR) is 59.0 cm³/mol. The lowest BCUT2D eigenvalue weighted by molar-refractivity contribution is -0.120. The Kier molecular flexibility index (Phi) is 3.05. The van der Waals surface area contributed by atoms with E-state index in [-0.39, 0.29) is 0 Å². The lowest BCUT2D eigenvalue weighted by Crippen LogP contribution is -2.01. The first-order valence-corrected chi connectivity index (χ1v) is 5.45. The molecule has 0 unspecified atom stereocenters. The van der Waals surface area contributed by atoms with Crippen LogP contribution in [0.25, 0.3) is 0 Å². The van der Waals surface area contributed by atoms with Crippen LogP contribution < -0.4 is 4.74 Å². The number of ether oxygens (including phenoxy) is 1. The Balaban J connectivity index is 1.84. The predicted octanol–water partition coefficient (Wildman–Crippen LogP) is 2.61. The summed E-state index contributed by atoms with van der Waals surface area (Å²) in [7, 11) is 1.66. The van der Waals surface area contributed by atoms with Crippen molar-refractivity contribution in [2.75, 3.05) is 7.11 Å². The monoisotopic (exact) mass is 204 g/mol. The first-order chi connectivity index (χ1) is 7.29. The average molecular weight is 204 g/mol. The van der Waals surface area contributed by atoms with E-state index in [9.17, 15) is 4.79 Å². The lowest BCUT2D eigenvalue weighted by Gasteiger charge is -2.02. The Morgan fingerprint density at radius 1 is 1.33 bits per heavy atom. The van der Waals surface area contributed by atoms with Gasteiger partial charge in [-0.15, -0.1) is 0 Å². The molecule has 0 bridgehead atoms. The second-order valence-corrected chi connectivity index (χ2v) is 4.09. The standard InChI is InChI=1S/C13H16O2/c1-15-12-7-2-10(3-8-12)4-9-13(14)11-5-6-11/h2-3,7-8,11H,4-6,9H2,1H3. The van der Waals surface area contributed by atoms with Gasteiger partial charge in [0.05, 0.1) is 7.11 Å². The molecule has 2 heteroatoms. The number of methoxy groups -OCH3 is 1. The summed E-state index contributed by atoms with van der Waals surface area (Å²) in [5, 5.41) is 0. The van der Waals surface area contributed by atoms with Crippen molar-refractivity contribution >= 4 is 5.78 Å². The Hall–Kier alpha value is -1.31. The van der Waals surface area contributed by atoms with Crippen LogP contribution in [0.3, 0.4) is 0 Å². The van der Waals surface area contributed by atoms with Crippen LogP contribution in [0.2, 0.25) is 0 Å². The number of ketones is 1. The summed E-state index contributed by atoms with van der Waals surface area (Å²) >= 11 is 0. The van der Waals surface area contributed by atoms with Crippen LogP contribution >= 0.6 is 0 Å². The van der Waals surface area contributed by atoms with E-state index in [1.807, 2.05) is 24.3 Å². The fourth-order valence-electron chi connectivity index (χ4n) is 1.67. The molecule has 1 fully saturated rings. The molecule has 1 aromatic carbocycles. The Bertz CT molecular complexity index is 336. The van der Waals surface area contributed by atoms with Crippen LogP contribution in [-0.2, 0) is 11.2 Å². The second-order valence-electron chi connectivity index (χ2n) is 4.09. The molecule has 2 nitrogen and oxygen atoms in total. The Morgan fingerprint density at radius 3 is 2.53 bits per heavy atom. The maximum atomic E-state index is 11.5. The fraction of sp³-hybridized carbons (Fsp3) is 0.462. The van der Waals surface area contributed by atoms with Gasteiger partial charge in [0, 0.05) is 12.3 Å². The molecule has 80 valence electrons. The van der Waals surface area contributed by atoms with E-state index in [1.54, 1.807) is 7.11 Å². The molecule has 1 aromatic rings. The first kappa shape index (κ1) is 10.2. The summed E-state index contributed by atoms with van der Waals surface area (Å²) < 4.78 is 5.08. The van der Waals surface area contributed by atoms with Gasteiger partial charge >= 0.3 is 0 Å². The van der Waals surface area contributed by atoms with Gasteiger partial charge in [-0.2, -0.15) is 0 Å². The van der Waals surface area contributed by atoms with Crippen LogP contribution in [0.4, 0.5) is 0 Å². The van der Waals surface area contributed by atoms with Crippen molar-refractivity contribution in [1.29, 1.82) is 0 Å². The van der Waals surface area contributed by atoms with Crippen molar-refractivity contribution in [3.05, 3.63) is 29.8 Å². The van der Waals surface area contributed by atoms with Crippen molar-refractivity contribution < 1.29 is 9.53 Å². The normalized spacial score (nSPS) is 15.0. The van der Waals surface area contributed by atoms with Gasteiger partial charge < -0.3 is 4.74 Å². The van der Waals surface area contributed by atoms with Gasteiger partial charge in [0.25, 0.3) is 0 Å². The van der Waals surface area contributed by atoms with E-state index < -0.39 is 0 Å². The van der Waals surface area contributed by atoms with Crippen molar-refractivity contribution in [1.82, 2.24) is 0 Å². The van der Waals surface area contributed by atoms with Gasteiger partial charge in [0.15, 0.2) is 0 Å². The SMILES string of the molecule is COc1ccc(CCC(=O)C2CC2)cc1. The number of carbonyl (C=O) groups excluding carboxylic acids is 1. The smallest absolute Gasteiger partial charge is 0.136 e. The van der Waals surface area contributed by atoms with Crippen LogP contribution in [-0.4, -0.2) is 12.9 Å². The quantitative estimate of drug-likeness (QED) is 0.737. The molecule has 0 aliphatic heterocycles. The van der Waals surface area contributed by atoms with Gasteiger partial charge in [-0.3, -0.25) is 4.79 Å². The zero-order valence-electron chi connectivity index (χ0n) is 9.03. The minimum atomic E-state index is 0.392. The third-order valence-electron chi connectivity index (χ3n) is 2.85. The Morgan fingerprint density at radius 2 is 2.00 bits per heavy atom. The minimum Gasteiger partial charge on any atom is -0.497 e. The summed E-state index contributed by atoms with van der Waals surface area (Å²) in [4.78, 5) is 11.5. The number of hydrogen-bond acceptors (Lipinski definition) is 2. The molecule has 0 saturated heterocycles. The molecule has 0 aromatic heterocycles. The topological polar surface area (TPSA) is 26.3 Å². The van der Waals surface area contributed by atoms with Crippen molar-refractivity contribution in [2.45, 2.75) is 25.7 Å². The second kappa shape index (κ2) is 4.47. The van der Waals surface area contributed by atoms with E-state index in [2.05, 4.69) is 0 Å². The van der Waals surface area contributed by atoms with Gasteiger partial charge in [-0.25, -0.2) is 0 Å².